The van der Waals surface area contributed by atoms with Gasteiger partial charge in [-0.15, -0.1) is 0 Å². The van der Waals surface area contributed by atoms with Crippen LogP contribution in [0.2, 0.25) is 0 Å². The fourth-order valence-electron chi connectivity index (χ4n) is 1.11. The molecule has 1 amide bonds. The van der Waals surface area contributed by atoms with E-state index in [4.69, 9.17) is 0 Å². The zero-order chi connectivity index (χ0) is 10.8. The molecule has 0 aromatic heterocycles. The van der Waals surface area contributed by atoms with Crippen LogP contribution >= 0.6 is 0 Å². The Morgan fingerprint density at radius 2 is 1.71 bits per heavy atom. The number of ketones is 1. The van der Waals surface area contributed by atoms with Crippen molar-refractivity contribution < 1.29 is 9.59 Å². The lowest BCUT2D eigenvalue weighted by Gasteiger charge is -2.02. The van der Waals surface area contributed by atoms with E-state index in [-0.39, 0.29) is 18.1 Å². The highest BCUT2D eigenvalue weighted by Crippen LogP contribution is 1.98. The summed E-state index contributed by atoms with van der Waals surface area (Å²) in [5.41, 5.74) is 0. The molecule has 0 spiro atoms. The quantitative estimate of drug-likeness (QED) is 0.480. The maximum Gasteiger partial charge on any atom is 0.227 e. The van der Waals surface area contributed by atoms with E-state index in [0.29, 0.717) is 13.0 Å². The zero-order valence-corrected chi connectivity index (χ0v) is 9.27. The van der Waals surface area contributed by atoms with Crippen LogP contribution in [-0.4, -0.2) is 18.2 Å². The predicted molar refractivity (Wildman–Crippen MR) is 57.1 cm³/mol. The summed E-state index contributed by atoms with van der Waals surface area (Å²) in [5.74, 6) is -0.0691. The molecule has 0 aromatic rings. The Balaban J connectivity index is 3.45. The van der Waals surface area contributed by atoms with E-state index in [1.807, 2.05) is 6.92 Å². The first-order chi connectivity index (χ1) is 6.70. The molecule has 3 nitrogen and oxygen atoms in total. The highest BCUT2D eigenvalue weighted by Gasteiger charge is 2.07. The molecule has 0 bridgehead atoms. The monoisotopic (exact) mass is 199 g/mol. The van der Waals surface area contributed by atoms with Gasteiger partial charge >= 0.3 is 0 Å². The molecule has 82 valence electrons. The minimum atomic E-state index is -0.125. The molecule has 0 fully saturated rings. The SMILES string of the molecule is CCCCNC(=O)CC(=O)CCCC. The van der Waals surface area contributed by atoms with Crippen molar-refractivity contribution in [2.24, 2.45) is 0 Å². The molecule has 0 rings (SSSR count). The van der Waals surface area contributed by atoms with E-state index in [1.54, 1.807) is 0 Å². The van der Waals surface area contributed by atoms with E-state index in [2.05, 4.69) is 12.2 Å². The molecule has 0 unspecified atom stereocenters. The minimum absolute atomic E-state index is 0.0563. The Morgan fingerprint density at radius 3 is 2.29 bits per heavy atom. The fourth-order valence-corrected chi connectivity index (χ4v) is 1.11. The van der Waals surface area contributed by atoms with Crippen LogP contribution in [0.4, 0.5) is 0 Å². The van der Waals surface area contributed by atoms with Gasteiger partial charge in [0.2, 0.25) is 5.91 Å². The molecule has 0 atom stereocenters. The highest BCUT2D eigenvalue weighted by atomic mass is 16.2. The van der Waals surface area contributed by atoms with Gasteiger partial charge in [-0.1, -0.05) is 26.7 Å². The van der Waals surface area contributed by atoms with Gasteiger partial charge in [-0.3, -0.25) is 9.59 Å². The summed E-state index contributed by atoms with van der Waals surface area (Å²) in [5, 5.41) is 2.73. The lowest BCUT2D eigenvalue weighted by atomic mass is 10.1. The highest BCUT2D eigenvalue weighted by molar-refractivity contribution is 5.97. The predicted octanol–water partition coefficient (Wildman–Crippen LogP) is 2.05. The minimum Gasteiger partial charge on any atom is -0.356 e. The lowest BCUT2D eigenvalue weighted by molar-refractivity contribution is -0.128. The van der Waals surface area contributed by atoms with Crippen LogP contribution in [0.15, 0.2) is 0 Å². The van der Waals surface area contributed by atoms with Crippen molar-refractivity contribution in [2.45, 2.75) is 52.4 Å². The second-order valence-corrected chi connectivity index (χ2v) is 3.52. The maximum absolute atomic E-state index is 11.2. The van der Waals surface area contributed by atoms with Crippen molar-refractivity contribution in [3.63, 3.8) is 0 Å². The number of nitrogens with one attached hydrogen (secondary N) is 1. The van der Waals surface area contributed by atoms with Crippen molar-refractivity contribution in [3.8, 4) is 0 Å². The largest absolute Gasteiger partial charge is 0.356 e. The van der Waals surface area contributed by atoms with Gasteiger partial charge in [0.15, 0.2) is 0 Å². The topological polar surface area (TPSA) is 46.2 Å². The first-order valence-electron chi connectivity index (χ1n) is 5.49. The summed E-state index contributed by atoms with van der Waals surface area (Å²) < 4.78 is 0. The smallest absolute Gasteiger partial charge is 0.227 e. The van der Waals surface area contributed by atoms with Crippen molar-refractivity contribution in [1.82, 2.24) is 5.32 Å². The second-order valence-electron chi connectivity index (χ2n) is 3.52. The van der Waals surface area contributed by atoms with Crippen LogP contribution in [-0.2, 0) is 9.59 Å². The van der Waals surface area contributed by atoms with Gasteiger partial charge in [0.1, 0.15) is 5.78 Å². The van der Waals surface area contributed by atoms with Gasteiger partial charge in [-0.25, -0.2) is 0 Å². The third-order valence-corrected chi connectivity index (χ3v) is 2.02. The van der Waals surface area contributed by atoms with Gasteiger partial charge < -0.3 is 5.32 Å². The van der Waals surface area contributed by atoms with Gasteiger partial charge in [0.25, 0.3) is 0 Å². The number of rotatable bonds is 8. The van der Waals surface area contributed by atoms with Crippen molar-refractivity contribution >= 4 is 11.7 Å². The number of carbonyl (C=O) groups excluding carboxylic acids is 2. The Morgan fingerprint density at radius 1 is 1.07 bits per heavy atom. The van der Waals surface area contributed by atoms with Crippen LogP contribution in [0.3, 0.4) is 0 Å². The number of Topliss-reactive ketones (excluding diaryl/α,β-unsaturated/α-hetero) is 1. The van der Waals surface area contributed by atoms with E-state index in [1.165, 1.54) is 0 Å². The summed E-state index contributed by atoms with van der Waals surface area (Å²) in [6.07, 6.45) is 4.53. The van der Waals surface area contributed by atoms with E-state index < -0.39 is 0 Å². The molecule has 0 aliphatic heterocycles. The average Bonchev–Trinajstić information content (AvgIpc) is 2.15. The van der Waals surface area contributed by atoms with Crippen LogP contribution < -0.4 is 5.32 Å². The Bertz CT molecular complexity index is 178. The number of hydrogen-bond donors (Lipinski definition) is 1. The molecule has 0 aliphatic carbocycles. The van der Waals surface area contributed by atoms with Crippen LogP contribution in [0, 0.1) is 0 Å². The fraction of sp³-hybridized carbons (Fsp3) is 0.818. The summed E-state index contributed by atoms with van der Waals surface area (Å²) in [6, 6.07) is 0. The standard InChI is InChI=1S/C11H21NO2/c1-3-5-7-10(13)9-11(14)12-8-6-4-2/h3-9H2,1-2H3,(H,12,14). The second kappa shape index (κ2) is 8.73. The molecular weight excluding hydrogens is 178 g/mol. The number of unbranched alkanes of at least 4 members (excludes halogenated alkanes) is 2. The third kappa shape index (κ3) is 7.77. The molecule has 3 heteroatoms. The lowest BCUT2D eigenvalue weighted by Crippen LogP contribution is -2.26. The third-order valence-electron chi connectivity index (χ3n) is 2.02. The molecule has 0 aromatic carbocycles. The Labute approximate surface area is 86.3 Å². The zero-order valence-electron chi connectivity index (χ0n) is 9.27. The first kappa shape index (κ1) is 13.1. The van der Waals surface area contributed by atoms with Gasteiger partial charge in [0.05, 0.1) is 6.42 Å². The van der Waals surface area contributed by atoms with Crippen LogP contribution in [0.5, 0.6) is 0 Å². The number of carbonyl (C=O) groups is 2. The molecule has 0 radical (unpaired) electrons. The molecule has 0 aliphatic rings. The summed E-state index contributed by atoms with van der Waals surface area (Å²) in [6.45, 7) is 4.80. The summed E-state index contributed by atoms with van der Waals surface area (Å²) in [7, 11) is 0. The maximum atomic E-state index is 11.2. The van der Waals surface area contributed by atoms with E-state index in [0.717, 1.165) is 25.7 Å². The van der Waals surface area contributed by atoms with Gasteiger partial charge in [-0.05, 0) is 12.8 Å². The molecule has 0 saturated heterocycles. The van der Waals surface area contributed by atoms with E-state index in [9.17, 15) is 9.59 Å². The van der Waals surface area contributed by atoms with Gasteiger partial charge in [0, 0.05) is 13.0 Å². The van der Waals surface area contributed by atoms with Crippen LogP contribution in [0.1, 0.15) is 52.4 Å². The summed E-state index contributed by atoms with van der Waals surface area (Å²) >= 11 is 0. The molecule has 14 heavy (non-hydrogen) atoms. The van der Waals surface area contributed by atoms with E-state index >= 15 is 0 Å². The van der Waals surface area contributed by atoms with Crippen LogP contribution in [0.25, 0.3) is 0 Å². The normalized spacial score (nSPS) is 9.86. The Hall–Kier alpha value is -0.860. The Kier molecular flexibility index (Phi) is 8.19. The summed E-state index contributed by atoms with van der Waals surface area (Å²) in [4.78, 5) is 22.3. The molecular formula is C11H21NO2. The average molecular weight is 199 g/mol. The van der Waals surface area contributed by atoms with Gasteiger partial charge in [-0.2, -0.15) is 0 Å². The number of amides is 1. The molecule has 1 N–H and O–H groups in total. The molecule has 0 heterocycles. The van der Waals surface area contributed by atoms with Crippen molar-refractivity contribution in [3.05, 3.63) is 0 Å². The van der Waals surface area contributed by atoms with Crippen molar-refractivity contribution in [2.75, 3.05) is 6.54 Å². The number of hydrogen-bond acceptors (Lipinski definition) is 2. The van der Waals surface area contributed by atoms with Crippen molar-refractivity contribution in [1.29, 1.82) is 0 Å². The molecule has 0 saturated carbocycles. The first-order valence-corrected chi connectivity index (χ1v) is 5.49.